The summed E-state index contributed by atoms with van der Waals surface area (Å²) >= 11 is 0. The molecule has 0 aliphatic heterocycles. The summed E-state index contributed by atoms with van der Waals surface area (Å²) in [4.78, 5) is 12.2. The Bertz CT molecular complexity index is 412. The summed E-state index contributed by atoms with van der Waals surface area (Å²) in [6, 6.07) is 1.75. The van der Waals surface area contributed by atoms with E-state index in [0.29, 0.717) is 4.90 Å². The van der Waals surface area contributed by atoms with Crippen LogP contribution in [-0.4, -0.2) is 40.4 Å². The minimum atomic E-state index is -4.38. The zero-order valence-electron chi connectivity index (χ0n) is 10.5. The normalized spacial score (nSPS) is 11.9. The zero-order chi connectivity index (χ0) is 13.9. The van der Waals surface area contributed by atoms with E-state index in [2.05, 4.69) is 5.10 Å². The summed E-state index contributed by atoms with van der Waals surface area (Å²) in [5.41, 5.74) is 0.807. The molecule has 1 aromatic heterocycles. The van der Waals surface area contributed by atoms with Crippen LogP contribution in [0.15, 0.2) is 12.3 Å². The van der Waals surface area contributed by atoms with E-state index in [4.69, 9.17) is 0 Å². The fourth-order valence-corrected chi connectivity index (χ4v) is 1.39. The fourth-order valence-electron chi connectivity index (χ4n) is 1.39. The van der Waals surface area contributed by atoms with Gasteiger partial charge < -0.3 is 4.90 Å². The van der Waals surface area contributed by atoms with Crippen LogP contribution < -0.4 is 0 Å². The highest BCUT2D eigenvalue weighted by Crippen LogP contribution is 2.16. The maximum Gasteiger partial charge on any atom is 0.406 e. The first-order chi connectivity index (χ1) is 8.19. The lowest BCUT2D eigenvalue weighted by atomic mass is 10.1. The van der Waals surface area contributed by atoms with E-state index in [1.807, 2.05) is 13.8 Å². The lowest BCUT2D eigenvalue weighted by Crippen LogP contribution is -2.37. The second kappa shape index (κ2) is 5.41. The molecule has 7 heteroatoms. The summed E-state index contributed by atoms with van der Waals surface area (Å²) in [6.45, 7) is 2.47. The molecule has 0 saturated heterocycles. The summed E-state index contributed by atoms with van der Waals surface area (Å²) in [6.07, 6.45) is -2.79. The van der Waals surface area contributed by atoms with E-state index in [-0.39, 0.29) is 12.5 Å². The Balaban J connectivity index is 2.58. The van der Waals surface area contributed by atoms with Crippen LogP contribution in [0.25, 0.3) is 0 Å². The topological polar surface area (TPSA) is 38.1 Å². The third kappa shape index (κ3) is 4.38. The van der Waals surface area contributed by atoms with Gasteiger partial charge in [0.1, 0.15) is 13.1 Å². The average molecular weight is 263 g/mol. The van der Waals surface area contributed by atoms with Crippen molar-refractivity contribution in [2.75, 3.05) is 13.6 Å². The minimum Gasteiger partial charge on any atom is -0.335 e. The Labute approximate surface area is 103 Å². The molecule has 0 saturated carbocycles. The highest BCUT2D eigenvalue weighted by molar-refractivity contribution is 5.75. The summed E-state index contributed by atoms with van der Waals surface area (Å²) < 4.78 is 37.6. The lowest BCUT2D eigenvalue weighted by Gasteiger charge is -2.18. The summed E-state index contributed by atoms with van der Waals surface area (Å²) in [7, 11) is 1.13. The van der Waals surface area contributed by atoms with Gasteiger partial charge in [0.05, 0.1) is 5.69 Å². The molecule has 1 heterocycles. The number of likely N-dealkylation sites (N-methyl/N-ethyl adjacent to an activating group) is 1. The van der Waals surface area contributed by atoms with Gasteiger partial charge in [-0.1, -0.05) is 13.8 Å². The van der Waals surface area contributed by atoms with Gasteiger partial charge in [-0.2, -0.15) is 18.3 Å². The van der Waals surface area contributed by atoms with Crippen LogP contribution in [-0.2, 0) is 11.3 Å². The Morgan fingerprint density at radius 1 is 1.50 bits per heavy atom. The highest BCUT2D eigenvalue weighted by Gasteiger charge is 2.31. The standard InChI is InChI=1S/C11H16F3N3O/c1-8(2)9-4-5-17(15-9)6-10(18)16(3)7-11(12,13)14/h4-5,8H,6-7H2,1-3H3. The maximum absolute atomic E-state index is 12.1. The molecule has 0 bridgehead atoms. The maximum atomic E-state index is 12.1. The van der Waals surface area contributed by atoms with Crippen molar-refractivity contribution in [1.82, 2.24) is 14.7 Å². The Morgan fingerprint density at radius 3 is 2.56 bits per heavy atom. The Hall–Kier alpha value is -1.53. The van der Waals surface area contributed by atoms with Crippen LogP contribution >= 0.6 is 0 Å². The molecule has 1 aromatic rings. The van der Waals surface area contributed by atoms with Crippen molar-refractivity contribution in [3.63, 3.8) is 0 Å². The number of halogens is 3. The van der Waals surface area contributed by atoms with Crippen molar-refractivity contribution >= 4 is 5.91 Å². The van der Waals surface area contributed by atoms with Crippen LogP contribution in [0.4, 0.5) is 13.2 Å². The van der Waals surface area contributed by atoms with Gasteiger partial charge in [-0.15, -0.1) is 0 Å². The second-order valence-electron chi connectivity index (χ2n) is 4.46. The highest BCUT2D eigenvalue weighted by atomic mass is 19.4. The summed E-state index contributed by atoms with van der Waals surface area (Å²) in [5.74, 6) is -0.403. The van der Waals surface area contributed by atoms with Crippen LogP contribution in [0.1, 0.15) is 25.5 Å². The van der Waals surface area contributed by atoms with Gasteiger partial charge in [-0.3, -0.25) is 9.48 Å². The van der Waals surface area contributed by atoms with E-state index in [0.717, 1.165) is 12.7 Å². The van der Waals surface area contributed by atoms with Crippen molar-refractivity contribution in [3.05, 3.63) is 18.0 Å². The third-order valence-electron chi connectivity index (χ3n) is 2.39. The molecule has 4 nitrogen and oxygen atoms in total. The molecule has 18 heavy (non-hydrogen) atoms. The molecule has 1 rings (SSSR count). The predicted molar refractivity (Wildman–Crippen MR) is 60.0 cm³/mol. The molecule has 0 fully saturated rings. The van der Waals surface area contributed by atoms with Gasteiger partial charge in [0.15, 0.2) is 0 Å². The number of carbonyl (C=O) groups is 1. The monoisotopic (exact) mass is 263 g/mol. The molecular weight excluding hydrogens is 247 g/mol. The van der Waals surface area contributed by atoms with Crippen molar-refractivity contribution < 1.29 is 18.0 Å². The van der Waals surface area contributed by atoms with Crippen molar-refractivity contribution in [2.24, 2.45) is 0 Å². The largest absolute Gasteiger partial charge is 0.406 e. The zero-order valence-corrected chi connectivity index (χ0v) is 10.5. The molecule has 0 N–H and O–H groups in total. The number of carbonyl (C=O) groups excluding carboxylic acids is 1. The quantitative estimate of drug-likeness (QED) is 0.833. The number of alkyl halides is 3. The Morgan fingerprint density at radius 2 is 2.11 bits per heavy atom. The number of aromatic nitrogens is 2. The molecule has 0 spiro atoms. The third-order valence-corrected chi connectivity index (χ3v) is 2.39. The molecule has 0 aliphatic rings. The van der Waals surface area contributed by atoms with Gasteiger partial charge >= 0.3 is 6.18 Å². The van der Waals surface area contributed by atoms with Crippen LogP contribution in [0.2, 0.25) is 0 Å². The first kappa shape index (κ1) is 14.5. The van der Waals surface area contributed by atoms with E-state index in [9.17, 15) is 18.0 Å². The fraction of sp³-hybridized carbons (Fsp3) is 0.636. The lowest BCUT2D eigenvalue weighted by molar-refractivity contribution is -0.158. The van der Waals surface area contributed by atoms with Gasteiger partial charge in [0.25, 0.3) is 0 Å². The average Bonchev–Trinajstić information content (AvgIpc) is 2.63. The molecule has 0 radical (unpaired) electrons. The SMILES string of the molecule is CC(C)c1ccn(CC(=O)N(C)CC(F)(F)F)n1. The minimum absolute atomic E-state index is 0.181. The van der Waals surface area contributed by atoms with Gasteiger partial charge in [0.2, 0.25) is 5.91 Å². The molecular formula is C11H16F3N3O. The second-order valence-corrected chi connectivity index (χ2v) is 4.46. The summed E-state index contributed by atoms with van der Waals surface area (Å²) in [5, 5.41) is 4.12. The number of hydrogen-bond donors (Lipinski definition) is 0. The van der Waals surface area contributed by atoms with Gasteiger partial charge in [-0.05, 0) is 12.0 Å². The molecule has 0 atom stereocenters. The van der Waals surface area contributed by atoms with Crippen LogP contribution in [0.5, 0.6) is 0 Å². The molecule has 1 amide bonds. The van der Waals surface area contributed by atoms with Gasteiger partial charge in [-0.25, -0.2) is 0 Å². The predicted octanol–water partition coefficient (Wildman–Crippen LogP) is 2.03. The molecule has 0 aromatic carbocycles. The number of rotatable bonds is 4. The Kier molecular flexibility index (Phi) is 4.37. The number of nitrogens with zero attached hydrogens (tertiary/aromatic N) is 3. The van der Waals surface area contributed by atoms with E-state index >= 15 is 0 Å². The van der Waals surface area contributed by atoms with Crippen LogP contribution in [0.3, 0.4) is 0 Å². The first-order valence-electron chi connectivity index (χ1n) is 5.53. The van der Waals surface area contributed by atoms with Gasteiger partial charge in [0, 0.05) is 13.2 Å². The van der Waals surface area contributed by atoms with Crippen LogP contribution in [0, 0.1) is 0 Å². The van der Waals surface area contributed by atoms with Crippen molar-refractivity contribution in [3.8, 4) is 0 Å². The smallest absolute Gasteiger partial charge is 0.335 e. The molecule has 0 unspecified atom stereocenters. The molecule has 102 valence electrons. The van der Waals surface area contributed by atoms with Crippen molar-refractivity contribution in [1.29, 1.82) is 0 Å². The first-order valence-corrected chi connectivity index (χ1v) is 5.53. The molecule has 0 aliphatic carbocycles. The number of amides is 1. The van der Waals surface area contributed by atoms with E-state index in [1.165, 1.54) is 4.68 Å². The van der Waals surface area contributed by atoms with E-state index in [1.54, 1.807) is 12.3 Å². The van der Waals surface area contributed by atoms with E-state index < -0.39 is 18.6 Å². The number of hydrogen-bond acceptors (Lipinski definition) is 2. The van der Waals surface area contributed by atoms with Crippen molar-refractivity contribution in [2.45, 2.75) is 32.5 Å².